The van der Waals surface area contributed by atoms with Gasteiger partial charge in [0.15, 0.2) is 0 Å². The molecule has 0 unspecified atom stereocenters. The van der Waals surface area contributed by atoms with Crippen LogP contribution in [0, 0.1) is 13.8 Å². The molecule has 0 aliphatic carbocycles. The number of aryl methyl sites for hydroxylation is 2. The van der Waals surface area contributed by atoms with Crippen molar-refractivity contribution < 1.29 is 4.74 Å². The smallest absolute Gasteiger partial charge is 0.119 e. The van der Waals surface area contributed by atoms with Crippen LogP contribution in [0.1, 0.15) is 18.1 Å². The zero-order chi connectivity index (χ0) is 15.5. The maximum absolute atomic E-state index is 5.47. The van der Waals surface area contributed by atoms with E-state index in [1.165, 1.54) is 11.1 Å². The first-order valence-electron chi connectivity index (χ1n) is 7.53. The zero-order valence-corrected chi connectivity index (χ0v) is 13.2. The van der Waals surface area contributed by atoms with Crippen LogP contribution in [0.3, 0.4) is 0 Å². The molecule has 0 amide bonds. The fourth-order valence-electron chi connectivity index (χ4n) is 2.42. The highest BCUT2D eigenvalue weighted by Gasteiger charge is 2.07. The van der Waals surface area contributed by atoms with E-state index in [1.54, 1.807) is 0 Å². The molecule has 0 bridgehead atoms. The van der Waals surface area contributed by atoms with Gasteiger partial charge in [0.2, 0.25) is 0 Å². The van der Waals surface area contributed by atoms with Crippen LogP contribution >= 0.6 is 0 Å². The second kappa shape index (κ2) is 6.06. The van der Waals surface area contributed by atoms with Crippen LogP contribution < -0.4 is 4.74 Å². The SMILES string of the molecule is CCOc1ccc(-c2cc(-c3ccc(C)c(C)c3)n[nH]2)cc1. The summed E-state index contributed by atoms with van der Waals surface area (Å²) in [5, 5.41) is 7.55. The van der Waals surface area contributed by atoms with Gasteiger partial charge in [-0.25, -0.2) is 0 Å². The number of hydrogen-bond donors (Lipinski definition) is 1. The van der Waals surface area contributed by atoms with Crippen molar-refractivity contribution in [2.24, 2.45) is 0 Å². The Labute approximate surface area is 131 Å². The van der Waals surface area contributed by atoms with Gasteiger partial charge in [-0.1, -0.05) is 12.1 Å². The first-order chi connectivity index (χ1) is 10.7. The summed E-state index contributed by atoms with van der Waals surface area (Å²) in [5.74, 6) is 0.889. The Balaban J connectivity index is 1.88. The lowest BCUT2D eigenvalue weighted by Gasteiger charge is -2.03. The molecule has 3 heteroatoms. The van der Waals surface area contributed by atoms with Gasteiger partial charge >= 0.3 is 0 Å². The fourth-order valence-corrected chi connectivity index (χ4v) is 2.42. The lowest BCUT2D eigenvalue weighted by molar-refractivity contribution is 0.340. The molecule has 1 heterocycles. The van der Waals surface area contributed by atoms with E-state index < -0.39 is 0 Å². The number of benzene rings is 2. The predicted octanol–water partition coefficient (Wildman–Crippen LogP) is 4.76. The number of hydrogen-bond acceptors (Lipinski definition) is 2. The number of H-pyrrole nitrogens is 1. The average molecular weight is 292 g/mol. The molecule has 22 heavy (non-hydrogen) atoms. The van der Waals surface area contributed by atoms with E-state index in [1.807, 2.05) is 31.2 Å². The standard InChI is InChI=1S/C19H20N2O/c1-4-22-17-9-7-15(8-10-17)18-12-19(21-20-18)16-6-5-13(2)14(3)11-16/h5-12H,4H2,1-3H3,(H,20,21). The Morgan fingerprint density at radius 1 is 0.909 bits per heavy atom. The van der Waals surface area contributed by atoms with Crippen LogP contribution in [0.25, 0.3) is 22.5 Å². The number of nitrogens with zero attached hydrogens (tertiary/aromatic N) is 1. The van der Waals surface area contributed by atoms with Crippen LogP contribution in [0.15, 0.2) is 48.5 Å². The van der Waals surface area contributed by atoms with Gasteiger partial charge in [0, 0.05) is 5.56 Å². The fraction of sp³-hybridized carbons (Fsp3) is 0.211. The minimum absolute atomic E-state index is 0.681. The third-order valence-electron chi connectivity index (χ3n) is 3.86. The zero-order valence-electron chi connectivity index (χ0n) is 13.2. The van der Waals surface area contributed by atoms with Crippen molar-refractivity contribution in [3.05, 3.63) is 59.7 Å². The molecule has 0 atom stereocenters. The molecule has 0 spiro atoms. The normalized spacial score (nSPS) is 10.7. The second-order valence-electron chi connectivity index (χ2n) is 5.42. The van der Waals surface area contributed by atoms with Gasteiger partial charge in [-0.3, -0.25) is 5.10 Å². The minimum Gasteiger partial charge on any atom is -0.494 e. The molecular weight excluding hydrogens is 272 g/mol. The van der Waals surface area contributed by atoms with Gasteiger partial charge in [0.05, 0.1) is 18.0 Å². The number of aromatic amines is 1. The Hall–Kier alpha value is -2.55. The number of nitrogens with one attached hydrogen (secondary N) is 1. The van der Waals surface area contributed by atoms with Gasteiger partial charge in [0.1, 0.15) is 5.75 Å². The summed E-state index contributed by atoms with van der Waals surface area (Å²) in [7, 11) is 0. The van der Waals surface area contributed by atoms with Gasteiger partial charge in [-0.2, -0.15) is 5.10 Å². The summed E-state index contributed by atoms with van der Waals surface area (Å²) in [5.41, 5.74) is 6.79. The summed E-state index contributed by atoms with van der Waals surface area (Å²) in [6, 6.07) is 16.6. The van der Waals surface area contributed by atoms with E-state index in [2.05, 4.69) is 48.3 Å². The van der Waals surface area contributed by atoms with E-state index in [4.69, 9.17) is 4.74 Å². The molecule has 0 radical (unpaired) electrons. The molecule has 3 nitrogen and oxygen atoms in total. The van der Waals surface area contributed by atoms with Crippen LogP contribution in [-0.4, -0.2) is 16.8 Å². The van der Waals surface area contributed by atoms with Crippen molar-refractivity contribution >= 4 is 0 Å². The quantitative estimate of drug-likeness (QED) is 0.753. The molecule has 3 aromatic rings. The number of aromatic nitrogens is 2. The summed E-state index contributed by atoms with van der Waals surface area (Å²) in [6.45, 7) is 6.91. The highest BCUT2D eigenvalue weighted by atomic mass is 16.5. The van der Waals surface area contributed by atoms with E-state index in [-0.39, 0.29) is 0 Å². The van der Waals surface area contributed by atoms with Crippen LogP contribution in [0.2, 0.25) is 0 Å². The molecule has 0 saturated carbocycles. The maximum Gasteiger partial charge on any atom is 0.119 e. The second-order valence-corrected chi connectivity index (χ2v) is 5.42. The highest BCUT2D eigenvalue weighted by Crippen LogP contribution is 2.26. The van der Waals surface area contributed by atoms with E-state index in [0.29, 0.717) is 6.61 Å². The molecule has 0 aliphatic heterocycles. The van der Waals surface area contributed by atoms with Crippen LogP contribution in [-0.2, 0) is 0 Å². The molecule has 1 N–H and O–H groups in total. The van der Waals surface area contributed by atoms with Crippen molar-refractivity contribution in [3.8, 4) is 28.3 Å². The molecule has 0 aliphatic rings. The van der Waals surface area contributed by atoms with Crippen LogP contribution in [0.4, 0.5) is 0 Å². The van der Waals surface area contributed by atoms with Crippen LogP contribution in [0.5, 0.6) is 5.75 Å². The van der Waals surface area contributed by atoms with Gasteiger partial charge in [-0.05, 0) is 73.9 Å². The van der Waals surface area contributed by atoms with E-state index in [0.717, 1.165) is 28.3 Å². The van der Waals surface area contributed by atoms with Crippen molar-refractivity contribution in [1.82, 2.24) is 10.2 Å². The summed E-state index contributed by atoms with van der Waals surface area (Å²) in [6.07, 6.45) is 0. The predicted molar refractivity (Wildman–Crippen MR) is 90.1 cm³/mol. The third-order valence-corrected chi connectivity index (χ3v) is 3.86. The van der Waals surface area contributed by atoms with Gasteiger partial charge in [0.25, 0.3) is 0 Å². The topological polar surface area (TPSA) is 37.9 Å². The Bertz CT molecular complexity index is 772. The van der Waals surface area contributed by atoms with Crippen molar-refractivity contribution in [3.63, 3.8) is 0 Å². The average Bonchev–Trinajstić information content (AvgIpc) is 3.01. The maximum atomic E-state index is 5.47. The third kappa shape index (κ3) is 2.89. The molecule has 1 aromatic heterocycles. The minimum atomic E-state index is 0.681. The molecular formula is C19H20N2O. The Morgan fingerprint density at radius 2 is 1.64 bits per heavy atom. The van der Waals surface area contributed by atoms with Crippen molar-refractivity contribution in [1.29, 1.82) is 0 Å². The summed E-state index contributed by atoms with van der Waals surface area (Å²) in [4.78, 5) is 0. The first-order valence-corrected chi connectivity index (χ1v) is 7.53. The largest absolute Gasteiger partial charge is 0.494 e. The van der Waals surface area contributed by atoms with Crippen molar-refractivity contribution in [2.75, 3.05) is 6.61 Å². The van der Waals surface area contributed by atoms with Gasteiger partial charge < -0.3 is 4.74 Å². The van der Waals surface area contributed by atoms with Crippen molar-refractivity contribution in [2.45, 2.75) is 20.8 Å². The monoisotopic (exact) mass is 292 g/mol. The Morgan fingerprint density at radius 3 is 2.32 bits per heavy atom. The Kier molecular flexibility index (Phi) is 3.96. The molecule has 2 aromatic carbocycles. The first kappa shape index (κ1) is 14.4. The van der Waals surface area contributed by atoms with E-state index >= 15 is 0 Å². The summed E-state index contributed by atoms with van der Waals surface area (Å²) >= 11 is 0. The lowest BCUT2D eigenvalue weighted by atomic mass is 10.0. The van der Waals surface area contributed by atoms with Gasteiger partial charge in [-0.15, -0.1) is 0 Å². The molecule has 112 valence electrons. The molecule has 3 rings (SSSR count). The van der Waals surface area contributed by atoms with E-state index in [9.17, 15) is 0 Å². The summed E-state index contributed by atoms with van der Waals surface area (Å²) < 4.78 is 5.47. The molecule has 0 fully saturated rings. The number of ether oxygens (including phenoxy) is 1. The molecule has 0 saturated heterocycles. The highest BCUT2D eigenvalue weighted by molar-refractivity contribution is 5.69. The number of rotatable bonds is 4. The lowest BCUT2D eigenvalue weighted by Crippen LogP contribution is -1.90.